The van der Waals surface area contributed by atoms with Gasteiger partial charge < -0.3 is 5.73 Å². The molecule has 4 nitrogen and oxygen atoms in total. The summed E-state index contributed by atoms with van der Waals surface area (Å²) in [6.07, 6.45) is 0.835. The summed E-state index contributed by atoms with van der Waals surface area (Å²) < 4.78 is 39.0. The molecule has 1 aliphatic rings. The first-order valence-corrected chi connectivity index (χ1v) is 8.13. The van der Waals surface area contributed by atoms with Crippen LogP contribution in [-0.2, 0) is 10.0 Å². The van der Waals surface area contributed by atoms with Crippen molar-refractivity contribution in [2.75, 3.05) is 24.3 Å². The van der Waals surface area contributed by atoms with E-state index in [9.17, 15) is 12.8 Å². The zero-order valence-corrected chi connectivity index (χ0v) is 11.6. The van der Waals surface area contributed by atoms with Crippen molar-refractivity contribution >= 4 is 27.5 Å². The fourth-order valence-electron chi connectivity index (χ4n) is 1.91. The Morgan fingerprint density at radius 2 is 2.22 bits per heavy atom. The number of sulfonamides is 1. The summed E-state index contributed by atoms with van der Waals surface area (Å²) in [5, 5.41) is 0. The standard InChI is InChI=1S/C11H15FN2O2S2/c1-14(9-4-5-17-7-9)18(15,16)11-3-2-8(12)6-10(11)13/h2-3,6,9H,4-5,7,13H2,1H3. The second-order valence-electron chi connectivity index (χ2n) is 4.22. The molecule has 1 aliphatic heterocycles. The maximum atomic E-state index is 12.9. The molecule has 0 radical (unpaired) electrons. The van der Waals surface area contributed by atoms with Crippen molar-refractivity contribution in [3.05, 3.63) is 24.0 Å². The smallest absolute Gasteiger partial charge is 0.245 e. The van der Waals surface area contributed by atoms with Crippen LogP contribution < -0.4 is 5.73 Å². The van der Waals surface area contributed by atoms with E-state index in [0.29, 0.717) is 0 Å². The molecular formula is C11H15FN2O2S2. The third-order valence-corrected chi connectivity index (χ3v) is 6.18. The van der Waals surface area contributed by atoms with Crippen molar-refractivity contribution in [1.29, 1.82) is 0 Å². The van der Waals surface area contributed by atoms with Gasteiger partial charge in [0, 0.05) is 18.8 Å². The Hall–Kier alpha value is -0.790. The first-order chi connectivity index (χ1) is 8.43. The summed E-state index contributed by atoms with van der Waals surface area (Å²) in [6, 6.07) is 3.35. The van der Waals surface area contributed by atoms with Gasteiger partial charge in [0.15, 0.2) is 0 Å². The Morgan fingerprint density at radius 1 is 1.50 bits per heavy atom. The van der Waals surface area contributed by atoms with Crippen molar-refractivity contribution in [2.45, 2.75) is 17.4 Å². The first-order valence-electron chi connectivity index (χ1n) is 5.53. The van der Waals surface area contributed by atoms with Crippen LogP contribution in [0.1, 0.15) is 6.42 Å². The van der Waals surface area contributed by atoms with Crippen LogP contribution in [0.4, 0.5) is 10.1 Å². The van der Waals surface area contributed by atoms with Gasteiger partial charge in [-0.1, -0.05) is 0 Å². The molecular weight excluding hydrogens is 275 g/mol. The second-order valence-corrected chi connectivity index (χ2v) is 7.34. The highest BCUT2D eigenvalue weighted by molar-refractivity contribution is 7.99. The summed E-state index contributed by atoms with van der Waals surface area (Å²) in [7, 11) is -2.09. The van der Waals surface area contributed by atoms with Gasteiger partial charge in [-0.3, -0.25) is 0 Å². The van der Waals surface area contributed by atoms with Crippen molar-refractivity contribution in [2.24, 2.45) is 0 Å². The van der Waals surface area contributed by atoms with Gasteiger partial charge in [-0.15, -0.1) is 0 Å². The molecule has 1 aromatic carbocycles. The molecule has 0 saturated carbocycles. The lowest BCUT2D eigenvalue weighted by Gasteiger charge is -2.23. The van der Waals surface area contributed by atoms with Crippen LogP contribution in [0.5, 0.6) is 0 Å². The molecule has 0 bridgehead atoms. The fraction of sp³-hybridized carbons (Fsp3) is 0.455. The van der Waals surface area contributed by atoms with Gasteiger partial charge in [0.2, 0.25) is 10.0 Å². The van der Waals surface area contributed by atoms with Crippen LogP contribution in [0.2, 0.25) is 0 Å². The molecule has 2 N–H and O–H groups in total. The zero-order chi connectivity index (χ0) is 13.3. The number of nitrogens with two attached hydrogens (primary N) is 1. The van der Waals surface area contributed by atoms with E-state index >= 15 is 0 Å². The van der Waals surface area contributed by atoms with Crippen LogP contribution in [-0.4, -0.2) is 37.3 Å². The lowest BCUT2D eigenvalue weighted by Crippen LogP contribution is -2.37. The Kier molecular flexibility index (Phi) is 3.84. The summed E-state index contributed by atoms with van der Waals surface area (Å²) in [5.41, 5.74) is 5.54. The third kappa shape index (κ3) is 2.48. The number of hydrogen-bond acceptors (Lipinski definition) is 4. The molecule has 0 amide bonds. The zero-order valence-electron chi connectivity index (χ0n) is 9.97. The molecule has 7 heteroatoms. The predicted octanol–water partition coefficient (Wildman–Crippen LogP) is 1.53. The third-order valence-electron chi connectivity index (χ3n) is 3.05. The number of nitrogen functional groups attached to an aromatic ring is 1. The molecule has 1 aromatic rings. The maximum absolute atomic E-state index is 12.9. The average Bonchev–Trinajstić information content (AvgIpc) is 2.80. The first kappa shape index (κ1) is 13.6. The minimum Gasteiger partial charge on any atom is -0.398 e. The second kappa shape index (κ2) is 5.07. The molecule has 1 unspecified atom stereocenters. The molecule has 0 aromatic heterocycles. The van der Waals surface area contributed by atoms with Gasteiger partial charge in [0.05, 0.1) is 5.69 Å². The molecule has 1 heterocycles. The minimum absolute atomic E-state index is 0.00977. The molecule has 0 aliphatic carbocycles. The largest absolute Gasteiger partial charge is 0.398 e. The van der Waals surface area contributed by atoms with E-state index < -0.39 is 15.8 Å². The molecule has 1 saturated heterocycles. The number of hydrogen-bond donors (Lipinski definition) is 1. The van der Waals surface area contributed by atoms with E-state index in [1.54, 1.807) is 18.8 Å². The number of halogens is 1. The normalized spacial score (nSPS) is 20.5. The van der Waals surface area contributed by atoms with E-state index in [0.717, 1.165) is 30.1 Å². The lowest BCUT2D eigenvalue weighted by atomic mass is 10.3. The number of rotatable bonds is 3. The predicted molar refractivity (Wildman–Crippen MR) is 71.5 cm³/mol. The molecule has 100 valence electrons. The van der Waals surface area contributed by atoms with E-state index in [-0.39, 0.29) is 16.6 Å². The highest BCUT2D eigenvalue weighted by Crippen LogP contribution is 2.28. The number of anilines is 1. The summed E-state index contributed by atoms with van der Waals surface area (Å²) in [5.74, 6) is 1.21. The van der Waals surface area contributed by atoms with E-state index in [1.165, 1.54) is 10.4 Å². The molecule has 18 heavy (non-hydrogen) atoms. The van der Waals surface area contributed by atoms with Crippen LogP contribution in [0.15, 0.2) is 23.1 Å². The number of thioether (sulfide) groups is 1. The SMILES string of the molecule is CN(C1CCSC1)S(=O)(=O)c1ccc(F)cc1N. The molecule has 1 fully saturated rings. The van der Waals surface area contributed by atoms with Gasteiger partial charge in [-0.2, -0.15) is 16.1 Å². The summed E-state index contributed by atoms with van der Waals surface area (Å²) >= 11 is 1.73. The Bertz CT molecular complexity index is 542. The van der Waals surface area contributed by atoms with Crippen LogP contribution >= 0.6 is 11.8 Å². The van der Waals surface area contributed by atoms with E-state index in [1.807, 2.05) is 0 Å². The van der Waals surface area contributed by atoms with Gasteiger partial charge in [-0.25, -0.2) is 12.8 Å². The summed E-state index contributed by atoms with van der Waals surface area (Å²) in [4.78, 5) is -0.0247. The maximum Gasteiger partial charge on any atom is 0.245 e. The van der Waals surface area contributed by atoms with E-state index in [4.69, 9.17) is 5.73 Å². The van der Waals surface area contributed by atoms with Crippen molar-refractivity contribution in [1.82, 2.24) is 4.31 Å². The van der Waals surface area contributed by atoms with Crippen LogP contribution in [0.25, 0.3) is 0 Å². The average molecular weight is 290 g/mol. The van der Waals surface area contributed by atoms with Gasteiger partial charge >= 0.3 is 0 Å². The van der Waals surface area contributed by atoms with Gasteiger partial charge in [0.1, 0.15) is 10.7 Å². The lowest BCUT2D eigenvalue weighted by molar-refractivity contribution is 0.395. The Balaban J connectivity index is 2.35. The minimum atomic E-state index is -3.64. The molecule has 1 atom stereocenters. The van der Waals surface area contributed by atoms with E-state index in [2.05, 4.69) is 0 Å². The van der Waals surface area contributed by atoms with Crippen molar-refractivity contribution in [3.8, 4) is 0 Å². The molecule has 2 rings (SSSR count). The van der Waals surface area contributed by atoms with Crippen LogP contribution in [0.3, 0.4) is 0 Å². The van der Waals surface area contributed by atoms with Crippen molar-refractivity contribution < 1.29 is 12.8 Å². The quantitative estimate of drug-likeness (QED) is 0.858. The van der Waals surface area contributed by atoms with Crippen molar-refractivity contribution in [3.63, 3.8) is 0 Å². The Morgan fingerprint density at radius 3 is 2.78 bits per heavy atom. The highest BCUT2D eigenvalue weighted by atomic mass is 32.2. The summed E-state index contributed by atoms with van der Waals surface area (Å²) in [6.45, 7) is 0. The molecule has 0 spiro atoms. The van der Waals surface area contributed by atoms with Crippen LogP contribution in [0, 0.1) is 5.82 Å². The Labute approximate surface area is 110 Å². The fourth-order valence-corrected chi connectivity index (χ4v) is 4.76. The monoisotopic (exact) mass is 290 g/mol. The number of nitrogens with zero attached hydrogens (tertiary/aromatic N) is 1. The van der Waals surface area contributed by atoms with Gasteiger partial charge in [-0.05, 0) is 30.4 Å². The number of benzene rings is 1. The highest BCUT2D eigenvalue weighted by Gasteiger charge is 2.31. The topological polar surface area (TPSA) is 63.4 Å². The van der Waals surface area contributed by atoms with Gasteiger partial charge in [0.25, 0.3) is 0 Å².